The van der Waals surface area contributed by atoms with Gasteiger partial charge in [-0.3, -0.25) is 4.79 Å². The molecule has 0 saturated carbocycles. The average Bonchev–Trinajstić information content (AvgIpc) is 3.06. The molecule has 2 aromatic carbocycles. The normalized spacial score (nSPS) is 17.9. The zero-order chi connectivity index (χ0) is 19.8. The number of nitrogens with zero attached hydrogens (tertiary/aromatic N) is 1. The monoisotopic (exact) mass is 390 g/mol. The lowest BCUT2D eigenvalue weighted by molar-refractivity contribution is -0.119. The number of halogens is 1. The summed E-state index contributed by atoms with van der Waals surface area (Å²) in [5, 5.41) is 2.52. The van der Waals surface area contributed by atoms with E-state index in [1.807, 2.05) is 19.1 Å². The van der Waals surface area contributed by atoms with E-state index >= 15 is 0 Å². The van der Waals surface area contributed by atoms with Crippen LogP contribution in [0.15, 0.2) is 41.3 Å². The molecule has 0 bridgehead atoms. The molecule has 3 rings (SSSR count). The number of nitrogens with one attached hydrogen (secondary N) is 1. The van der Waals surface area contributed by atoms with Crippen LogP contribution in [-0.4, -0.2) is 31.2 Å². The Labute approximate surface area is 159 Å². The second-order valence-corrected chi connectivity index (χ2v) is 8.80. The number of amides is 1. The van der Waals surface area contributed by atoms with Crippen LogP contribution in [0.5, 0.6) is 0 Å². The van der Waals surface area contributed by atoms with Crippen molar-refractivity contribution in [1.82, 2.24) is 4.31 Å². The van der Waals surface area contributed by atoms with E-state index in [4.69, 9.17) is 0 Å². The van der Waals surface area contributed by atoms with E-state index in [9.17, 15) is 17.6 Å². The van der Waals surface area contributed by atoms with Crippen molar-refractivity contribution in [2.24, 2.45) is 0 Å². The first-order valence-electron chi connectivity index (χ1n) is 8.87. The lowest BCUT2D eigenvalue weighted by Crippen LogP contribution is -2.43. The number of hydrogen-bond donors (Lipinski definition) is 1. The van der Waals surface area contributed by atoms with Gasteiger partial charge in [0.05, 0.1) is 10.6 Å². The summed E-state index contributed by atoms with van der Waals surface area (Å²) in [6.07, 6.45) is 0.988. The van der Waals surface area contributed by atoms with Crippen molar-refractivity contribution in [1.29, 1.82) is 0 Å². The van der Waals surface area contributed by atoms with Crippen LogP contribution in [0, 0.1) is 26.6 Å². The van der Waals surface area contributed by atoms with E-state index in [0.717, 1.165) is 5.56 Å². The smallest absolute Gasteiger partial charge is 0.244 e. The van der Waals surface area contributed by atoms with E-state index in [2.05, 4.69) is 5.32 Å². The molecule has 1 amide bonds. The molecule has 7 heteroatoms. The molecule has 1 unspecified atom stereocenters. The summed E-state index contributed by atoms with van der Waals surface area (Å²) < 4.78 is 41.7. The van der Waals surface area contributed by atoms with Crippen molar-refractivity contribution < 1.29 is 17.6 Å². The average molecular weight is 390 g/mol. The number of hydrogen-bond acceptors (Lipinski definition) is 3. The van der Waals surface area contributed by atoms with Gasteiger partial charge in [0.25, 0.3) is 0 Å². The van der Waals surface area contributed by atoms with Crippen molar-refractivity contribution in [2.75, 3.05) is 11.9 Å². The van der Waals surface area contributed by atoms with Gasteiger partial charge in [-0.15, -0.1) is 0 Å². The quantitative estimate of drug-likeness (QED) is 0.868. The van der Waals surface area contributed by atoms with Crippen molar-refractivity contribution in [2.45, 2.75) is 44.6 Å². The molecule has 0 aliphatic carbocycles. The molecule has 1 heterocycles. The van der Waals surface area contributed by atoms with Crippen LogP contribution in [0.3, 0.4) is 0 Å². The van der Waals surface area contributed by atoms with Gasteiger partial charge in [0.15, 0.2) is 0 Å². The predicted molar refractivity (Wildman–Crippen MR) is 103 cm³/mol. The molecule has 1 atom stereocenters. The van der Waals surface area contributed by atoms with Crippen LogP contribution < -0.4 is 5.32 Å². The minimum atomic E-state index is -3.83. The number of sulfonamides is 1. The molecule has 1 aliphatic heterocycles. The number of para-hydroxylation sites is 1. The maximum atomic E-state index is 13.8. The van der Waals surface area contributed by atoms with E-state index < -0.39 is 27.8 Å². The Balaban J connectivity index is 1.92. The Kier molecular flexibility index (Phi) is 5.35. The van der Waals surface area contributed by atoms with Crippen molar-refractivity contribution in [3.8, 4) is 0 Å². The van der Waals surface area contributed by atoms with E-state index in [1.54, 1.807) is 19.9 Å². The van der Waals surface area contributed by atoms with E-state index in [-0.39, 0.29) is 17.1 Å². The van der Waals surface area contributed by atoms with Crippen molar-refractivity contribution >= 4 is 21.6 Å². The molecule has 2 aromatic rings. The minimum Gasteiger partial charge on any atom is -0.322 e. The molecule has 1 fully saturated rings. The third-order valence-electron chi connectivity index (χ3n) is 4.81. The van der Waals surface area contributed by atoms with Gasteiger partial charge < -0.3 is 5.32 Å². The maximum Gasteiger partial charge on any atom is 0.244 e. The summed E-state index contributed by atoms with van der Waals surface area (Å²) in [6.45, 7) is 5.70. The van der Waals surface area contributed by atoms with Gasteiger partial charge in [0.1, 0.15) is 11.9 Å². The number of carbonyl (C=O) groups is 1. The Bertz CT molecular complexity index is 965. The summed E-state index contributed by atoms with van der Waals surface area (Å²) in [4.78, 5) is 12.9. The molecular formula is C20H23FN2O3S. The number of carbonyl (C=O) groups excluding carboxylic acids is 1. The summed E-state index contributed by atoms with van der Waals surface area (Å²) in [5.74, 6) is -1.06. The standard InChI is InChI=1S/C20H23FN2O3S/c1-13-11-14(2)19(15(3)12-13)27(25,26)23-10-6-9-18(23)20(24)22-17-8-5-4-7-16(17)21/h4-5,7-8,11-12,18H,6,9-10H2,1-3H3,(H,22,24). The predicted octanol–water partition coefficient (Wildman–Crippen LogP) is 3.54. The first-order chi connectivity index (χ1) is 12.7. The van der Waals surface area contributed by atoms with Gasteiger partial charge >= 0.3 is 0 Å². The van der Waals surface area contributed by atoms with Gasteiger partial charge in [-0.05, 0) is 56.9 Å². The Morgan fingerprint density at radius 1 is 1.15 bits per heavy atom. The number of anilines is 1. The first-order valence-corrected chi connectivity index (χ1v) is 10.3. The fraction of sp³-hybridized carbons (Fsp3) is 0.350. The van der Waals surface area contributed by atoms with Gasteiger partial charge in [0, 0.05) is 6.54 Å². The van der Waals surface area contributed by atoms with E-state index in [1.165, 1.54) is 22.5 Å². The highest BCUT2D eigenvalue weighted by molar-refractivity contribution is 7.89. The zero-order valence-corrected chi connectivity index (χ0v) is 16.4. The fourth-order valence-electron chi connectivity index (χ4n) is 3.76. The number of rotatable bonds is 4. The molecule has 27 heavy (non-hydrogen) atoms. The largest absolute Gasteiger partial charge is 0.322 e. The maximum absolute atomic E-state index is 13.8. The molecule has 1 aliphatic rings. The lowest BCUT2D eigenvalue weighted by atomic mass is 10.1. The molecule has 1 N–H and O–H groups in total. The summed E-state index contributed by atoms with van der Waals surface area (Å²) >= 11 is 0. The molecule has 0 spiro atoms. The van der Waals surface area contributed by atoms with Crippen LogP contribution >= 0.6 is 0 Å². The third kappa shape index (κ3) is 3.75. The Morgan fingerprint density at radius 2 is 1.78 bits per heavy atom. The molecule has 0 aromatic heterocycles. The minimum absolute atomic E-state index is 0.0504. The van der Waals surface area contributed by atoms with Crippen LogP contribution in [0.4, 0.5) is 10.1 Å². The Morgan fingerprint density at radius 3 is 2.41 bits per heavy atom. The second-order valence-electron chi connectivity index (χ2n) is 6.97. The van der Waals surface area contributed by atoms with Gasteiger partial charge in [-0.1, -0.05) is 29.8 Å². The molecule has 144 valence electrons. The van der Waals surface area contributed by atoms with Crippen LogP contribution in [0.2, 0.25) is 0 Å². The molecular weight excluding hydrogens is 367 g/mol. The van der Waals surface area contributed by atoms with Gasteiger partial charge in [-0.2, -0.15) is 4.31 Å². The SMILES string of the molecule is Cc1cc(C)c(S(=O)(=O)N2CCCC2C(=O)Nc2ccccc2F)c(C)c1. The van der Waals surface area contributed by atoms with Gasteiger partial charge in [0.2, 0.25) is 15.9 Å². The van der Waals surface area contributed by atoms with Crippen LogP contribution in [0.25, 0.3) is 0 Å². The summed E-state index contributed by atoms with van der Waals surface area (Å²) in [5.41, 5.74) is 2.36. The first kappa shape index (κ1) is 19.5. The van der Waals surface area contributed by atoms with Crippen LogP contribution in [-0.2, 0) is 14.8 Å². The Hall–Kier alpha value is -2.25. The highest BCUT2D eigenvalue weighted by Gasteiger charge is 2.40. The zero-order valence-electron chi connectivity index (χ0n) is 15.6. The highest BCUT2D eigenvalue weighted by atomic mass is 32.2. The second kappa shape index (κ2) is 7.40. The van der Waals surface area contributed by atoms with Gasteiger partial charge in [-0.25, -0.2) is 12.8 Å². The lowest BCUT2D eigenvalue weighted by Gasteiger charge is -2.25. The van der Waals surface area contributed by atoms with Crippen molar-refractivity contribution in [3.05, 3.63) is 58.9 Å². The van der Waals surface area contributed by atoms with Crippen LogP contribution in [0.1, 0.15) is 29.5 Å². The van der Waals surface area contributed by atoms with Crippen molar-refractivity contribution in [3.63, 3.8) is 0 Å². The third-order valence-corrected chi connectivity index (χ3v) is 7.02. The molecule has 5 nitrogen and oxygen atoms in total. The summed E-state index contributed by atoms with van der Waals surface area (Å²) in [6, 6.07) is 8.64. The molecule has 1 saturated heterocycles. The number of benzene rings is 2. The summed E-state index contributed by atoms with van der Waals surface area (Å²) in [7, 11) is -3.83. The van der Waals surface area contributed by atoms with E-state index in [0.29, 0.717) is 24.0 Å². The topological polar surface area (TPSA) is 66.5 Å². The molecule has 0 radical (unpaired) electrons. The highest BCUT2D eigenvalue weighted by Crippen LogP contribution is 2.31. The number of aryl methyl sites for hydroxylation is 3. The fourth-order valence-corrected chi connectivity index (χ4v) is 5.83.